The smallest absolute Gasteiger partial charge is 0.159 e. The van der Waals surface area contributed by atoms with Gasteiger partial charge in [0.25, 0.3) is 0 Å². The third kappa shape index (κ3) is 3.57. The van der Waals surface area contributed by atoms with Crippen molar-refractivity contribution >= 4 is 39.2 Å². The van der Waals surface area contributed by atoms with Crippen LogP contribution in [0.15, 0.2) is 36.4 Å². The minimum absolute atomic E-state index is 0.217. The van der Waals surface area contributed by atoms with E-state index in [1.54, 1.807) is 0 Å². The standard InChI is InChI=1S/C21H23ClN6O/c1-27(2)11-15-12-28(7-8-29-15)14-4-6-17-19(10-14)24-21(23-17)20-16-5-3-13(22)9-18(16)25-26-20/h3-6,9-10,15H,7-8,11-12H2,1-2H3,(H,23,24)(H,25,26). The summed E-state index contributed by atoms with van der Waals surface area (Å²) >= 11 is 6.08. The molecule has 1 atom stereocenters. The third-order valence-electron chi connectivity index (χ3n) is 5.29. The Kier molecular flexibility index (Phi) is 4.66. The highest BCUT2D eigenvalue weighted by Gasteiger charge is 2.22. The zero-order chi connectivity index (χ0) is 20.0. The van der Waals surface area contributed by atoms with E-state index >= 15 is 0 Å². The highest BCUT2D eigenvalue weighted by atomic mass is 35.5. The number of halogens is 1. The Morgan fingerprint density at radius 2 is 2.10 bits per heavy atom. The normalized spacial score (nSPS) is 17.7. The Labute approximate surface area is 173 Å². The van der Waals surface area contributed by atoms with E-state index in [1.807, 2.05) is 18.2 Å². The summed E-state index contributed by atoms with van der Waals surface area (Å²) in [6.07, 6.45) is 0.217. The maximum absolute atomic E-state index is 6.08. The second-order valence-corrected chi connectivity index (χ2v) is 8.19. The number of hydrogen-bond acceptors (Lipinski definition) is 5. The molecule has 1 aliphatic rings. The van der Waals surface area contributed by atoms with Crippen molar-refractivity contribution in [3.8, 4) is 11.5 Å². The molecular weight excluding hydrogens is 388 g/mol. The van der Waals surface area contributed by atoms with Crippen molar-refractivity contribution in [2.75, 3.05) is 45.2 Å². The Bertz CT molecular complexity index is 1170. The van der Waals surface area contributed by atoms with Gasteiger partial charge in [0.1, 0.15) is 5.69 Å². The van der Waals surface area contributed by atoms with E-state index in [2.05, 4.69) is 57.3 Å². The van der Waals surface area contributed by atoms with E-state index in [9.17, 15) is 0 Å². The van der Waals surface area contributed by atoms with Crippen LogP contribution >= 0.6 is 11.6 Å². The van der Waals surface area contributed by atoms with Gasteiger partial charge in [-0.2, -0.15) is 5.10 Å². The van der Waals surface area contributed by atoms with Crippen LogP contribution in [-0.2, 0) is 4.74 Å². The first kappa shape index (κ1) is 18.4. The molecule has 7 nitrogen and oxygen atoms in total. The molecule has 2 aromatic heterocycles. The number of rotatable bonds is 4. The average molecular weight is 411 g/mol. The lowest BCUT2D eigenvalue weighted by Gasteiger charge is -2.35. The van der Waals surface area contributed by atoms with Crippen LogP contribution in [0.25, 0.3) is 33.5 Å². The number of aromatic amines is 2. The van der Waals surface area contributed by atoms with Crippen molar-refractivity contribution in [1.29, 1.82) is 0 Å². The van der Waals surface area contributed by atoms with Crippen LogP contribution in [0.1, 0.15) is 0 Å². The molecule has 150 valence electrons. The Morgan fingerprint density at radius 3 is 2.97 bits per heavy atom. The predicted molar refractivity (Wildman–Crippen MR) is 117 cm³/mol. The van der Waals surface area contributed by atoms with E-state index in [4.69, 9.17) is 21.3 Å². The number of fused-ring (bicyclic) bond motifs is 2. The molecule has 2 aromatic carbocycles. The lowest BCUT2D eigenvalue weighted by atomic mass is 10.2. The summed E-state index contributed by atoms with van der Waals surface area (Å²) in [5, 5.41) is 9.15. The van der Waals surface area contributed by atoms with E-state index in [0.29, 0.717) is 5.02 Å². The largest absolute Gasteiger partial charge is 0.373 e. The summed E-state index contributed by atoms with van der Waals surface area (Å²) in [6, 6.07) is 12.1. The minimum atomic E-state index is 0.217. The molecule has 0 radical (unpaired) electrons. The summed E-state index contributed by atoms with van der Waals surface area (Å²) in [6.45, 7) is 3.44. The Morgan fingerprint density at radius 1 is 1.21 bits per heavy atom. The van der Waals surface area contributed by atoms with E-state index in [1.165, 1.54) is 5.69 Å². The lowest BCUT2D eigenvalue weighted by molar-refractivity contribution is 0.0248. The molecule has 29 heavy (non-hydrogen) atoms. The van der Waals surface area contributed by atoms with Gasteiger partial charge in [0.05, 0.1) is 29.3 Å². The average Bonchev–Trinajstić information content (AvgIpc) is 3.30. The fourth-order valence-electron chi connectivity index (χ4n) is 3.95. The van der Waals surface area contributed by atoms with Crippen LogP contribution in [0.5, 0.6) is 0 Å². The van der Waals surface area contributed by atoms with Gasteiger partial charge in [-0.15, -0.1) is 0 Å². The van der Waals surface area contributed by atoms with Crippen LogP contribution in [0.3, 0.4) is 0 Å². The molecule has 5 rings (SSSR count). The Balaban J connectivity index is 1.45. The van der Waals surface area contributed by atoms with Crippen molar-refractivity contribution in [3.63, 3.8) is 0 Å². The Hall–Kier alpha value is -2.61. The van der Waals surface area contributed by atoms with E-state index < -0.39 is 0 Å². The van der Waals surface area contributed by atoms with Crippen molar-refractivity contribution in [3.05, 3.63) is 41.4 Å². The zero-order valence-electron chi connectivity index (χ0n) is 16.4. The van der Waals surface area contributed by atoms with Gasteiger partial charge in [-0.05, 0) is 50.5 Å². The van der Waals surface area contributed by atoms with Gasteiger partial charge in [-0.1, -0.05) is 11.6 Å². The van der Waals surface area contributed by atoms with Crippen molar-refractivity contribution in [1.82, 2.24) is 25.1 Å². The van der Waals surface area contributed by atoms with E-state index in [0.717, 1.165) is 59.7 Å². The van der Waals surface area contributed by atoms with Crippen molar-refractivity contribution < 1.29 is 4.74 Å². The summed E-state index contributed by atoms with van der Waals surface area (Å²) in [5.74, 6) is 0.748. The first-order chi connectivity index (χ1) is 14.1. The summed E-state index contributed by atoms with van der Waals surface area (Å²) < 4.78 is 5.91. The minimum Gasteiger partial charge on any atom is -0.373 e. The van der Waals surface area contributed by atoms with Gasteiger partial charge in [0.2, 0.25) is 0 Å². The number of aromatic nitrogens is 4. The molecule has 0 spiro atoms. The molecule has 1 aliphatic heterocycles. The molecule has 2 N–H and O–H groups in total. The number of H-pyrrole nitrogens is 2. The number of hydrogen-bond donors (Lipinski definition) is 2. The topological polar surface area (TPSA) is 73.1 Å². The first-order valence-corrected chi connectivity index (χ1v) is 10.1. The lowest BCUT2D eigenvalue weighted by Crippen LogP contribution is -2.46. The number of imidazole rings is 1. The first-order valence-electron chi connectivity index (χ1n) is 9.72. The van der Waals surface area contributed by atoms with Crippen LogP contribution in [0.2, 0.25) is 5.02 Å². The molecule has 4 aromatic rings. The van der Waals surface area contributed by atoms with Crippen LogP contribution in [0, 0.1) is 0 Å². The van der Waals surface area contributed by atoms with Gasteiger partial charge in [-0.25, -0.2) is 4.98 Å². The maximum atomic E-state index is 6.08. The van der Waals surface area contributed by atoms with Crippen LogP contribution in [-0.4, -0.2) is 71.5 Å². The van der Waals surface area contributed by atoms with E-state index in [-0.39, 0.29) is 6.10 Å². The molecule has 0 aliphatic carbocycles. The third-order valence-corrected chi connectivity index (χ3v) is 5.52. The zero-order valence-corrected chi connectivity index (χ0v) is 17.2. The van der Waals surface area contributed by atoms with Crippen molar-refractivity contribution in [2.24, 2.45) is 0 Å². The SMILES string of the molecule is CN(C)CC1CN(c2ccc3nc(-c4n[nH]c5cc(Cl)ccc45)[nH]c3c2)CCO1. The van der Waals surface area contributed by atoms with Gasteiger partial charge >= 0.3 is 0 Å². The van der Waals surface area contributed by atoms with Gasteiger partial charge in [0.15, 0.2) is 5.82 Å². The molecule has 0 amide bonds. The highest BCUT2D eigenvalue weighted by molar-refractivity contribution is 6.31. The van der Waals surface area contributed by atoms with Crippen LogP contribution in [0.4, 0.5) is 5.69 Å². The van der Waals surface area contributed by atoms with Gasteiger partial charge < -0.3 is 19.5 Å². The summed E-state index contributed by atoms with van der Waals surface area (Å²) in [7, 11) is 4.15. The monoisotopic (exact) mass is 410 g/mol. The van der Waals surface area contributed by atoms with Gasteiger partial charge in [0, 0.05) is 35.7 Å². The second kappa shape index (κ2) is 7.33. The number of benzene rings is 2. The maximum Gasteiger partial charge on any atom is 0.159 e. The fourth-order valence-corrected chi connectivity index (χ4v) is 4.12. The number of nitrogens with zero attached hydrogens (tertiary/aromatic N) is 4. The second-order valence-electron chi connectivity index (χ2n) is 7.75. The number of nitrogens with one attached hydrogen (secondary N) is 2. The fraction of sp³-hybridized carbons (Fsp3) is 0.333. The predicted octanol–water partition coefficient (Wildman–Crippen LogP) is 3.53. The molecule has 1 unspecified atom stereocenters. The van der Waals surface area contributed by atoms with Gasteiger partial charge in [-0.3, -0.25) is 5.10 Å². The molecule has 1 saturated heterocycles. The summed E-state index contributed by atoms with van der Waals surface area (Å²) in [4.78, 5) is 12.7. The number of morpholine rings is 1. The molecule has 8 heteroatoms. The van der Waals surface area contributed by atoms with Crippen LogP contribution < -0.4 is 4.90 Å². The number of likely N-dealkylation sites (N-methyl/N-ethyl adjacent to an activating group) is 1. The summed E-state index contributed by atoms with van der Waals surface area (Å²) in [5.41, 5.74) is 4.80. The molecule has 1 fully saturated rings. The molecule has 3 heterocycles. The molecule has 0 saturated carbocycles. The van der Waals surface area contributed by atoms with Crippen molar-refractivity contribution in [2.45, 2.75) is 6.10 Å². The molecule has 0 bridgehead atoms. The number of ether oxygens (including phenoxy) is 1. The highest BCUT2D eigenvalue weighted by Crippen LogP contribution is 2.29. The molecular formula is C21H23ClN6O. The quantitative estimate of drug-likeness (QED) is 0.538. The number of anilines is 1.